The molecule has 66 valence electrons. The van der Waals surface area contributed by atoms with Gasteiger partial charge >= 0.3 is 5.97 Å². The van der Waals surface area contributed by atoms with E-state index >= 15 is 0 Å². The van der Waals surface area contributed by atoms with Crippen molar-refractivity contribution >= 4 is 15.8 Å². The molecule has 1 aliphatic rings. The smallest absolute Gasteiger partial charge is 0.309 e. The predicted molar refractivity (Wildman–Crippen MR) is 41.5 cm³/mol. The maximum Gasteiger partial charge on any atom is 0.309 e. The van der Waals surface area contributed by atoms with Gasteiger partial charge in [-0.3, -0.25) is 4.79 Å². The molecule has 6 heteroatoms. The van der Waals surface area contributed by atoms with Crippen molar-refractivity contribution in [2.24, 2.45) is 0 Å². The molecule has 0 spiro atoms. The number of carboxylic acid groups (broad SMARTS) is 1. The standard InChI is InChI=1S/C6H7NO4S/c8-6(9)3-5-4-12(10,11)2-1-7-5/h1-2,4,7H,3H2,(H,8,9). The van der Waals surface area contributed by atoms with Gasteiger partial charge in [-0.1, -0.05) is 0 Å². The second kappa shape index (κ2) is 2.98. The van der Waals surface area contributed by atoms with Crippen molar-refractivity contribution in [3.63, 3.8) is 0 Å². The summed E-state index contributed by atoms with van der Waals surface area (Å²) in [7, 11) is -3.35. The summed E-state index contributed by atoms with van der Waals surface area (Å²) in [6, 6.07) is 0. The average molecular weight is 189 g/mol. The highest BCUT2D eigenvalue weighted by molar-refractivity contribution is 7.97. The van der Waals surface area contributed by atoms with E-state index in [0.29, 0.717) is 0 Å². The first-order chi connectivity index (χ1) is 5.49. The first kappa shape index (κ1) is 8.79. The molecule has 0 bridgehead atoms. The quantitative estimate of drug-likeness (QED) is 0.628. The molecule has 0 aromatic rings. The predicted octanol–water partition coefficient (Wildman–Crippen LogP) is -0.208. The number of aliphatic carboxylic acids is 1. The van der Waals surface area contributed by atoms with E-state index in [1.54, 1.807) is 0 Å². The third kappa shape index (κ3) is 2.39. The Morgan fingerprint density at radius 3 is 2.75 bits per heavy atom. The van der Waals surface area contributed by atoms with Crippen LogP contribution < -0.4 is 5.32 Å². The van der Waals surface area contributed by atoms with Gasteiger partial charge < -0.3 is 10.4 Å². The lowest BCUT2D eigenvalue weighted by Gasteiger charge is -2.07. The van der Waals surface area contributed by atoms with Crippen LogP contribution in [0.15, 0.2) is 22.7 Å². The third-order valence-corrected chi connectivity index (χ3v) is 2.30. The van der Waals surface area contributed by atoms with E-state index in [4.69, 9.17) is 5.11 Å². The van der Waals surface area contributed by atoms with Crippen molar-refractivity contribution in [2.75, 3.05) is 0 Å². The van der Waals surface area contributed by atoms with Gasteiger partial charge in [0.15, 0.2) is 9.84 Å². The summed E-state index contributed by atoms with van der Waals surface area (Å²) in [5.74, 6) is -1.07. The fourth-order valence-electron chi connectivity index (χ4n) is 0.763. The summed E-state index contributed by atoms with van der Waals surface area (Å²) >= 11 is 0. The minimum absolute atomic E-state index is 0.171. The molecular formula is C6H7NO4S. The summed E-state index contributed by atoms with van der Waals surface area (Å²) in [5.41, 5.74) is 0.171. The molecule has 1 rings (SSSR count). The van der Waals surface area contributed by atoms with E-state index < -0.39 is 15.8 Å². The topological polar surface area (TPSA) is 83.5 Å². The Kier molecular flexibility index (Phi) is 2.18. The van der Waals surface area contributed by atoms with Crippen LogP contribution in [-0.4, -0.2) is 19.5 Å². The number of carbonyl (C=O) groups is 1. The minimum atomic E-state index is -3.35. The molecule has 0 aromatic carbocycles. The van der Waals surface area contributed by atoms with E-state index in [-0.39, 0.29) is 12.1 Å². The van der Waals surface area contributed by atoms with E-state index in [2.05, 4.69) is 5.32 Å². The molecule has 0 aliphatic carbocycles. The number of hydrogen-bond acceptors (Lipinski definition) is 4. The zero-order chi connectivity index (χ0) is 9.19. The molecule has 0 amide bonds. The molecule has 5 nitrogen and oxygen atoms in total. The van der Waals surface area contributed by atoms with Crippen LogP contribution in [0, 0.1) is 0 Å². The van der Waals surface area contributed by atoms with Crippen LogP contribution in [-0.2, 0) is 14.6 Å². The summed E-state index contributed by atoms with van der Waals surface area (Å²) in [6.45, 7) is 0. The molecule has 1 heterocycles. The largest absolute Gasteiger partial charge is 0.481 e. The van der Waals surface area contributed by atoms with Crippen molar-refractivity contribution in [2.45, 2.75) is 6.42 Å². The Hall–Kier alpha value is -1.30. The van der Waals surface area contributed by atoms with E-state index in [1.807, 2.05) is 0 Å². The minimum Gasteiger partial charge on any atom is -0.481 e. The van der Waals surface area contributed by atoms with Crippen LogP contribution >= 0.6 is 0 Å². The van der Waals surface area contributed by atoms with Crippen LogP contribution in [0.1, 0.15) is 6.42 Å². The second-order valence-electron chi connectivity index (χ2n) is 2.25. The van der Waals surface area contributed by atoms with Crippen molar-refractivity contribution in [1.82, 2.24) is 5.32 Å². The Bertz CT molecular complexity index is 352. The van der Waals surface area contributed by atoms with Gasteiger partial charge in [-0.15, -0.1) is 0 Å². The zero-order valence-corrected chi connectivity index (χ0v) is 6.84. The monoisotopic (exact) mass is 189 g/mol. The lowest BCUT2D eigenvalue weighted by Crippen LogP contribution is -2.15. The zero-order valence-electron chi connectivity index (χ0n) is 6.02. The van der Waals surface area contributed by atoms with Gasteiger partial charge in [0.05, 0.1) is 17.2 Å². The van der Waals surface area contributed by atoms with E-state index in [9.17, 15) is 13.2 Å². The maximum atomic E-state index is 10.8. The Balaban J connectivity index is 2.82. The first-order valence-corrected chi connectivity index (χ1v) is 4.71. The molecule has 2 N–H and O–H groups in total. The van der Waals surface area contributed by atoms with Gasteiger partial charge in [0.25, 0.3) is 0 Å². The number of carboxylic acids is 1. The Morgan fingerprint density at radius 1 is 1.58 bits per heavy atom. The van der Waals surface area contributed by atoms with Crippen LogP contribution in [0.25, 0.3) is 0 Å². The van der Waals surface area contributed by atoms with Crippen LogP contribution in [0.4, 0.5) is 0 Å². The second-order valence-corrected chi connectivity index (χ2v) is 3.94. The number of rotatable bonds is 2. The molecule has 0 radical (unpaired) electrons. The van der Waals surface area contributed by atoms with Gasteiger partial charge in [0.1, 0.15) is 0 Å². The Morgan fingerprint density at radius 2 is 2.25 bits per heavy atom. The highest BCUT2D eigenvalue weighted by atomic mass is 32.2. The molecule has 0 aromatic heterocycles. The van der Waals surface area contributed by atoms with Gasteiger partial charge in [0, 0.05) is 11.9 Å². The maximum absolute atomic E-state index is 10.8. The van der Waals surface area contributed by atoms with Gasteiger partial charge in [-0.05, 0) is 0 Å². The summed E-state index contributed by atoms with van der Waals surface area (Å²) in [6.07, 6.45) is 0.886. The molecule has 0 unspecified atom stereocenters. The molecular weight excluding hydrogens is 182 g/mol. The van der Waals surface area contributed by atoms with E-state index in [1.165, 1.54) is 6.20 Å². The van der Waals surface area contributed by atoms with Crippen LogP contribution in [0.5, 0.6) is 0 Å². The van der Waals surface area contributed by atoms with Gasteiger partial charge in [-0.25, -0.2) is 8.42 Å². The highest BCUT2D eigenvalue weighted by Gasteiger charge is 2.11. The average Bonchev–Trinajstić information content (AvgIpc) is 1.82. The Labute approximate surface area is 69.3 Å². The van der Waals surface area contributed by atoms with Crippen molar-refractivity contribution < 1.29 is 18.3 Å². The van der Waals surface area contributed by atoms with Gasteiger partial charge in [0.2, 0.25) is 0 Å². The van der Waals surface area contributed by atoms with Crippen LogP contribution in [0.2, 0.25) is 0 Å². The highest BCUT2D eigenvalue weighted by Crippen LogP contribution is 2.07. The fraction of sp³-hybridized carbons (Fsp3) is 0.167. The SMILES string of the molecule is O=C(O)CC1=CS(=O)(=O)C=CN1. The van der Waals surface area contributed by atoms with Crippen LogP contribution in [0.3, 0.4) is 0 Å². The van der Waals surface area contributed by atoms with Crippen molar-refractivity contribution in [3.05, 3.63) is 22.7 Å². The molecule has 12 heavy (non-hydrogen) atoms. The third-order valence-electron chi connectivity index (χ3n) is 1.17. The number of sulfone groups is 1. The lowest BCUT2D eigenvalue weighted by molar-refractivity contribution is -0.136. The number of hydrogen-bond donors (Lipinski definition) is 2. The molecule has 0 atom stereocenters. The molecule has 1 aliphatic heterocycles. The summed E-state index contributed by atoms with van der Waals surface area (Å²) < 4.78 is 21.7. The summed E-state index contributed by atoms with van der Waals surface area (Å²) in [5, 5.41) is 12.7. The number of nitrogens with one attached hydrogen (secondary N) is 1. The summed E-state index contributed by atoms with van der Waals surface area (Å²) in [4.78, 5) is 10.2. The fourth-order valence-corrected chi connectivity index (χ4v) is 1.65. The molecule has 0 saturated heterocycles. The molecule has 0 saturated carbocycles. The van der Waals surface area contributed by atoms with Gasteiger partial charge in [-0.2, -0.15) is 0 Å². The van der Waals surface area contributed by atoms with E-state index in [0.717, 1.165) is 10.8 Å². The van der Waals surface area contributed by atoms with Crippen molar-refractivity contribution in [3.8, 4) is 0 Å². The lowest BCUT2D eigenvalue weighted by atomic mass is 10.3. The van der Waals surface area contributed by atoms with Crippen molar-refractivity contribution in [1.29, 1.82) is 0 Å². The first-order valence-electron chi connectivity index (χ1n) is 3.10. The normalized spacial score (nSPS) is 19.5. The molecule has 0 fully saturated rings.